The van der Waals surface area contributed by atoms with E-state index in [4.69, 9.17) is 9.47 Å². The van der Waals surface area contributed by atoms with Crippen molar-refractivity contribution in [1.29, 1.82) is 0 Å². The molecule has 2 rings (SSSR count). The van der Waals surface area contributed by atoms with Crippen LogP contribution in [0.1, 0.15) is 5.56 Å². The Kier molecular flexibility index (Phi) is 5.39. The van der Waals surface area contributed by atoms with Crippen molar-refractivity contribution >= 4 is 10.9 Å². The molecule has 0 fully saturated rings. The molecule has 0 spiro atoms. The second kappa shape index (κ2) is 7.28. The first-order valence-corrected chi connectivity index (χ1v) is 6.65. The molecule has 0 saturated heterocycles. The fourth-order valence-electron chi connectivity index (χ4n) is 2.27. The Morgan fingerprint density at radius 3 is 2.84 bits per heavy atom. The molecule has 0 saturated carbocycles. The summed E-state index contributed by atoms with van der Waals surface area (Å²) < 4.78 is 12.8. The third-order valence-electron chi connectivity index (χ3n) is 3.15. The van der Waals surface area contributed by atoms with Crippen LogP contribution in [0.5, 0.6) is 0 Å². The third-order valence-corrected chi connectivity index (χ3v) is 3.15. The molecule has 2 aromatic rings. The van der Waals surface area contributed by atoms with Gasteiger partial charge in [-0.2, -0.15) is 0 Å². The minimum absolute atomic E-state index is 0.650. The summed E-state index contributed by atoms with van der Waals surface area (Å²) in [4.78, 5) is 0. The minimum atomic E-state index is 0.650. The summed E-state index contributed by atoms with van der Waals surface area (Å²) in [6.45, 7) is 3.76. The van der Waals surface area contributed by atoms with Crippen molar-refractivity contribution < 1.29 is 9.47 Å². The molecule has 0 aliphatic carbocycles. The maximum absolute atomic E-state index is 5.53. The molecule has 19 heavy (non-hydrogen) atoms. The average Bonchev–Trinajstić information content (AvgIpc) is 2.83. The van der Waals surface area contributed by atoms with Gasteiger partial charge in [-0.05, 0) is 24.1 Å². The highest BCUT2D eigenvalue weighted by Gasteiger charge is 2.05. The molecule has 0 atom stereocenters. The van der Waals surface area contributed by atoms with Crippen LogP contribution in [0.4, 0.5) is 0 Å². The highest BCUT2D eigenvalue weighted by molar-refractivity contribution is 5.83. The number of methoxy groups -OCH3 is 1. The van der Waals surface area contributed by atoms with Crippen LogP contribution in [-0.2, 0) is 22.6 Å². The molecule has 1 aromatic heterocycles. The van der Waals surface area contributed by atoms with Gasteiger partial charge in [0, 0.05) is 26.4 Å². The molecular weight excluding hydrogens is 240 g/mol. The standard InChI is InChI=1S/C15H22N2O2/c1-16-12-14-5-3-4-13-6-7-17(15(13)14)8-9-19-11-10-18-2/h3-7,16H,8-12H2,1-2H3. The lowest BCUT2D eigenvalue weighted by Crippen LogP contribution is -2.11. The molecule has 0 radical (unpaired) electrons. The van der Waals surface area contributed by atoms with Crippen molar-refractivity contribution in [3.63, 3.8) is 0 Å². The van der Waals surface area contributed by atoms with E-state index in [0.29, 0.717) is 19.8 Å². The number of aromatic nitrogens is 1. The lowest BCUT2D eigenvalue weighted by Gasteiger charge is -2.10. The number of hydrogen-bond acceptors (Lipinski definition) is 3. The fraction of sp³-hybridized carbons (Fsp3) is 0.467. The van der Waals surface area contributed by atoms with E-state index in [1.165, 1.54) is 16.5 Å². The van der Waals surface area contributed by atoms with Gasteiger partial charge in [0.1, 0.15) is 0 Å². The SMILES string of the molecule is CNCc1cccc2ccn(CCOCCOC)c12. The molecule has 0 aliphatic heterocycles. The number of hydrogen-bond donors (Lipinski definition) is 1. The van der Waals surface area contributed by atoms with Crippen molar-refractivity contribution in [2.45, 2.75) is 13.1 Å². The van der Waals surface area contributed by atoms with Crippen LogP contribution in [-0.4, -0.2) is 38.5 Å². The van der Waals surface area contributed by atoms with Gasteiger partial charge in [0.05, 0.1) is 25.3 Å². The van der Waals surface area contributed by atoms with Gasteiger partial charge in [-0.3, -0.25) is 0 Å². The number of nitrogens with one attached hydrogen (secondary N) is 1. The van der Waals surface area contributed by atoms with Gasteiger partial charge < -0.3 is 19.4 Å². The Morgan fingerprint density at radius 2 is 2.05 bits per heavy atom. The number of fused-ring (bicyclic) bond motifs is 1. The van der Waals surface area contributed by atoms with E-state index in [1.807, 2.05) is 7.05 Å². The van der Waals surface area contributed by atoms with Crippen LogP contribution < -0.4 is 5.32 Å². The molecule has 1 aromatic carbocycles. The number of benzene rings is 1. The number of para-hydroxylation sites is 1. The first kappa shape index (κ1) is 14.1. The van der Waals surface area contributed by atoms with Crippen molar-refractivity contribution in [2.75, 3.05) is 34.0 Å². The zero-order valence-corrected chi connectivity index (χ0v) is 11.7. The smallest absolute Gasteiger partial charge is 0.0701 e. The Balaban J connectivity index is 2.05. The molecule has 104 valence electrons. The van der Waals surface area contributed by atoms with E-state index in [-0.39, 0.29) is 0 Å². The maximum atomic E-state index is 5.53. The average molecular weight is 262 g/mol. The van der Waals surface area contributed by atoms with E-state index in [0.717, 1.165) is 13.1 Å². The molecular formula is C15H22N2O2. The summed E-state index contributed by atoms with van der Waals surface area (Å²) >= 11 is 0. The van der Waals surface area contributed by atoms with Crippen LogP contribution >= 0.6 is 0 Å². The summed E-state index contributed by atoms with van der Waals surface area (Å²) in [5.41, 5.74) is 2.62. The van der Waals surface area contributed by atoms with Crippen LogP contribution in [0.2, 0.25) is 0 Å². The Morgan fingerprint density at radius 1 is 1.16 bits per heavy atom. The summed E-state index contributed by atoms with van der Waals surface area (Å²) in [6, 6.07) is 8.58. The first-order chi connectivity index (χ1) is 9.36. The van der Waals surface area contributed by atoms with Crippen molar-refractivity contribution in [2.24, 2.45) is 0 Å². The molecule has 0 amide bonds. The molecule has 4 heteroatoms. The van der Waals surface area contributed by atoms with Crippen LogP contribution in [0.3, 0.4) is 0 Å². The lowest BCUT2D eigenvalue weighted by molar-refractivity contribution is 0.0670. The van der Waals surface area contributed by atoms with E-state index in [1.54, 1.807) is 7.11 Å². The maximum Gasteiger partial charge on any atom is 0.0701 e. The Bertz CT molecular complexity index is 508. The van der Waals surface area contributed by atoms with Gasteiger partial charge in [-0.25, -0.2) is 0 Å². The number of ether oxygens (including phenoxy) is 2. The highest BCUT2D eigenvalue weighted by atomic mass is 16.5. The first-order valence-electron chi connectivity index (χ1n) is 6.65. The van der Waals surface area contributed by atoms with E-state index >= 15 is 0 Å². The van der Waals surface area contributed by atoms with Crippen molar-refractivity contribution in [3.8, 4) is 0 Å². The quantitative estimate of drug-likeness (QED) is 0.739. The summed E-state index contributed by atoms with van der Waals surface area (Å²) in [5, 5.41) is 4.50. The van der Waals surface area contributed by atoms with Crippen LogP contribution in [0.25, 0.3) is 10.9 Å². The van der Waals surface area contributed by atoms with Gasteiger partial charge in [0.15, 0.2) is 0 Å². The molecule has 1 N–H and O–H groups in total. The zero-order chi connectivity index (χ0) is 13.5. The third kappa shape index (κ3) is 3.56. The predicted octanol–water partition coefficient (Wildman–Crippen LogP) is 2.02. The van der Waals surface area contributed by atoms with Gasteiger partial charge in [-0.15, -0.1) is 0 Å². The van der Waals surface area contributed by atoms with E-state index in [9.17, 15) is 0 Å². The fourth-order valence-corrected chi connectivity index (χ4v) is 2.27. The summed E-state index contributed by atoms with van der Waals surface area (Å²) in [6.07, 6.45) is 2.13. The highest BCUT2D eigenvalue weighted by Crippen LogP contribution is 2.20. The van der Waals surface area contributed by atoms with Crippen LogP contribution in [0, 0.1) is 0 Å². The largest absolute Gasteiger partial charge is 0.382 e. The van der Waals surface area contributed by atoms with Gasteiger partial charge in [0.25, 0.3) is 0 Å². The van der Waals surface area contributed by atoms with Crippen molar-refractivity contribution in [1.82, 2.24) is 9.88 Å². The zero-order valence-electron chi connectivity index (χ0n) is 11.7. The number of rotatable bonds is 8. The second-order valence-electron chi connectivity index (χ2n) is 4.50. The van der Waals surface area contributed by atoms with Gasteiger partial charge >= 0.3 is 0 Å². The topological polar surface area (TPSA) is 35.4 Å². The van der Waals surface area contributed by atoms with Crippen molar-refractivity contribution in [3.05, 3.63) is 36.0 Å². The minimum Gasteiger partial charge on any atom is -0.382 e. The predicted molar refractivity (Wildman–Crippen MR) is 77.4 cm³/mol. The summed E-state index contributed by atoms with van der Waals surface area (Å²) in [5.74, 6) is 0. The lowest BCUT2D eigenvalue weighted by atomic mass is 10.1. The Hall–Kier alpha value is -1.36. The van der Waals surface area contributed by atoms with E-state index in [2.05, 4.69) is 40.3 Å². The molecule has 4 nitrogen and oxygen atoms in total. The monoisotopic (exact) mass is 262 g/mol. The Labute approximate surface area is 114 Å². The normalized spacial score (nSPS) is 11.3. The number of nitrogens with zero attached hydrogens (tertiary/aromatic N) is 1. The van der Waals surface area contributed by atoms with E-state index < -0.39 is 0 Å². The van der Waals surface area contributed by atoms with Crippen LogP contribution in [0.15, 0.2) is 30.5 Å². The van der Waals surface area contributed by atoms with Gasteiger partial charge in [0.2, 0.25) is 0 Å². The van der Waals surface area contributed by atoms with Gasteiger partial charge in [-0.1, -0.05) is 18.2 Å². The molecule has 0 aliphatic rings. The second-order valence-corrected chi connectivity index (χ2v) is 4.50. The molecule has 0 unspecified atom stereocenters. The molecule has 1 heterocycles. The summed E-state index contributed by atoms with van der Waals surface area (Å²) in [7, 11) is 3.66. The molecule has 0 bridgehead atoms.